The SMILES string of the molecule is CCO[C@H]1OC(C(=O)Nc2ccccc2O)=C[C@@H](C(C)C)[C@H]1CCOCCOCCO. The Bertz CT molecular complexity index is 707. The van der Waals surface area contributed by atoms with E-state index < -0.39 is 12.2 Å². The minimum atomic E-state index is -0.568. The number of hydrogen-bond donors (Lipinski definition) is 3. The molecule has 174 valence electrons. The number of benzene rings is 1. The summed E-state index contributed by atoms with van der Waals surface area (Å²) in [5, 5.41) is 21.3. The van der Waals surface area contributed by atoms with E-state index in [1.54, 1.807) is 18.2 Å². The van der Waals surface area contributed by atoms with E-state index in [4.69, 9.17) is 24.1 Å². The molecule has 3 atom stereocenters. The van der Waals surface area contributed by atoms with Crippen molar-refractivity contribution < 1.29 is 34.0 Å². The maximum absolute atomic E-state index is 12.8. The van der Waals surface area contributed by atoms with Crippen LogP contribution in [0.2, 0.25) is 0 Å². The highest BCUT2D eigenvalue weighted by atomic mass is 16.7. The van der Waals surface area contributed by atoms with Gasteiger partial charge >= 0.3 is 0 Å². The number of hydrogen-bond acceptors (Lipinski definition) is 7. The molecule has 0 radical (unpaired) electrons. The Morgan fingerprint density at radius 1 is 1.16 bits per heavy atom. The third kappa shape index (κ3) is 7.81. The Morgan fingerprint density at radius 2 is 1.87 bits per heavy atom. The van der Waals surface area contributed by atoms with Crippen LogP contribution < -0.4 is 5.32 Å². The molecule has 0 saturated carbocycles. The number of phenols is 1. The van der Waals surface area contributed by atoms with E-state index in [-0.39, 0.29) is 35.9 Å². The summed E-state index contributed by atoms with van der Waals surface area (Å²) in [5.41, 5.74) is 0.324. The van der Waals surface area contributed by atoms with Gasteiger partial charge in [-0.15, -0.1) is 0 Å². The average molecular weight is 438 g/mol. The molecule has 0 aliphatic carbocycles. The summed E-state index contributed by atoms with van der Waals surface area (Å²) in [6.45, 7) is 8.24. The minimum Gasteiger partial charge on any atom is -0.506 e. The van der Waals surface area contributed by atoms with Gasteiger partial charge in [-0.2, -0.15) is 0 Å². The fourth-order valence-electron chi connectivity index (χ4n) is 3.57. The fraction of sp³-hybridized carbons (Fsp3) is 0.609. The number of para-hydroxylation sites is 2. The maximum Gasteiger partial charge on any atom is 0.290 e. The monoisotopic (exact) mass is 437 g/mol. The van der Waals surface area contributed by atoms with Crippen molar-refractivity contribution >= 4 is 11.6 Å². The Hall–Kier alpha value is -2.13. The van der Waals surface area contributed by atoms with Gasteiger partial charge in [-0.05, 0) is 43.4 Å². The van der Waals surface area contributed by atoms with Crippen molar-refractivity contribution in [1.82, 2.24) is 0 Å². The molecule has 1 aliphatic rings. The molecule has 31 heavy (non-hydrogen) atoms. The number of anilines is 1. The van der Waals surface area contributed by atoms with Crippen LogP contribution in [0.5, 0.6) is 5.75 Å². The van der Waals surface area contributed by atoms with Gasteiger partial charge in [0.2, 0.25) is 6.29 Å². The Balaban J connectivity index is 2.04. The number of ether oxygens (including phenoxy) is 4. The lowest BCUT2D eigenvalue weighted by atomic mass is 9.79. The molecule has 0 fully saturated rings. The van der Waals surface area contributed by atoms with E-state index in [0.717, 1.165) is 0 Å². The Kier molecular flexibility index (Phi) is 10.8. The van der Waals surface area contributed by atoms with Crippen LogP contribution in [0.25, 0.3) is 0 Å². The fourth-order valence-corrected chi connectivity index (χ4v) is 3.57. The number of phenolic OH excluding ortho intramolecular Hbond substituents is 1. The van der Waals surface area contributed by atoms with Crippen LogP contribution in [-0.2, 0) is 23.7 Å². The van der Waals surface area contributed by atoms with Crippen molar-refractivity contribution in [3.8, 4) is 5.75 Å². The first-order valence-electron chi connectivity index (χ1n) is 10.8. The van der Waals surface area contributed by atoms with E-state index in [0.29, 0.717) is 45.1 Å². The predicted octanol–water partition coefficient (Wildman–Crippen LogP) is 2.91. The highest BCUT2D eigenvalue weighted by Gasteiger charge is 2.38. The van der Waals surface area contributed by atoms with Crippen LogP contribution in [-0.4, -0.2) is 62.1 Å². The van der Waals surface area contributed by atoms with E-state index in [1.807, 2.05) is 13.0 Å². The molecule has 0 spiro atoms. The Labute approximate surface area is 184 Å². The van der Waals surface area contributed by atoms with Gasteiger partial charge < -0.3 is 34.5 Å². The van der Waals surface area contributed by atoms with E-state index in [2.05, 4.69) is 19.2 Å². The smallest absolute Gasteiger partial charge is 0.290 e. The topological polar surface area (TPSA) is 106 Å². The zero-order valence-electron chi connectivity index (χ0n) is 18.6. The number of amides is 1. The van der Waals surface area contributed by atoms with Crippen LogP contribution in [0.1, 0.15) is 27.2 Å². The minimum absolute atomic E-state index is 0.00233. The van der Waals surface area contributed by atoms with Crippen LogP contribution in [0.15, 0.2) is 36.1 Å². The molecular formula is C23H35NO7. The first-order valence-corrected chi connectivity index (χ1v) is 10.8. The molecular weight excluding hydrogens is 402 g/mol. The molecule has 8 heteroatoms. The lowest BCUT2D eigenvalue weighted by Crippen LogP contribution is -2.40. The van der Waals surface area contributed by atoms with Crippen molar-refractivity contribution in [1.29, 1.82) is 0 Å². The van der Waals surface area contributed by atoms with Crippen molar-refractivity contribution in [2.75, 3.05) is 45.0 Å². The van der Waals surface area contributed by atoms with Crippen LogP contribution in [0.4, 0.5) is 5.69 Å². The number of aliphatic hydroxyl groups is 1. The summed E-state index contributed by atoms with van der Waals surface area (Å²) in [4.78, 5) is 12.8. The second-order valence-electron chi connectivity index (χ2n) is 7.67. The van der Waals surface area contributed by atoms with Gasteiger partial charge in [0, 0.05) is 19.1 Å². The van der Waals surface area contributed by atoms with Gasteiger partial charge in [-0.1, -0.05) is 26.0 Å². The van der Waals surface area contributed by atoms with E-state index in [1.165, 1.54) is 6.07 Å². The zero-order valence-corrected chi connectivity index (χ0v) is 18.6. The highest BCUT2D eigenvalue weighted by molar-refractivity contribution is 6.03. The van der Waals surface area contributed by atoms with Crippen molar-refractivity contribution in [3.05, 3.63) is 36.1 Å². The van der Waals surface area contributed by atoms with Crippen molar-refractivity contribution in [2.24, 2.45) is 17.8 Å². The van der Waals surface area contributed by atoms with Gasteiger partial charge in [-0.3, -0.25) is 4.79 Å². The van der Waals surface area contributed by atoms with Crippen LogP contribution >= 0.6 is 0 Å². The third-order valence-corrected chi connectivity index (χ3v) is 5.11. The summed E-state index contributed by atoms with van der Waals surface area (Å²) in [6.07, 6.45) is 1.99. The van der Waals surface area contributed by atoms with Gasteiger partial charge in [0.05, 0.1) is 32.1 Å². The van der Waals surface area contributed by atoms with Crippen LogP contribution in [0.3, 0.4) is 0 Å². The summed E-state index contributed by atoms with van der Waals surface area (Å²) in [5.74, 6) is 0.108. The van der Waals surface area contributed by atoms with Crippen molar-refractivity contribution in [2.45, 2.75) is 33.5 Å². The highest BCUT2D eigenvalue weighted by Crippen LogP contribution is 2.37. The largest absolute Gasteiger partial charge is 0.506 e. The maximum atomic E-state index is 12.8. The molecule has 8 nitrogen and oxygen atoms in total. The van der Waals surface area contributed by atoms with E-state index >= 15 is 0 Å². The predicted molar refractivity (Wildman–Crippen MR) is 116 cm³/mol. The van der Waals surface area contributed by atoms with Gasteiger partial charge in [0.15, 0.2) is 5.76 Å². The molecule has 0 bridgehead atoms. The average Bonchev–Trinajstić information content (AvgIpc) is 2.75. The number of carbonyl (C=O) groups excluding carboxylic acids is 1. The van der Waals surface area contributed by atoms with E-state index in [9.17, 15) is 9.90 Å². The third-order valence-electron chi connectivity index (χ3n) is 5.11. The quantitative estimate of drug-likeness (QED) is 0.322. The Morgan fingerprint density at radius 3 is 2.52 bits per heavy atom. The molecule has 1 heterocycles. The van der Waals surface area contributed by atoms with Gasteiger partial charge in [0.1, 0.15) is 5.75 Å². The molecule has 0 unspecified atom stereocenters. The molecule has 1 aromatic carbocycles. The molecule has 1 aliphatic heterocycles. The standard InChI is InChI=1S/C23H35NO7/c1-4-30-23-17(9-11-28-13-14-29-12-10-25)18(16(2)3)15-21(31-23)22(27)24-19-7-5-6-8-20(19)26/h5-8,15-18,23,25-26H,4,9-14H2,1-3H3,(H,24,27)/t17-,18+,23+/m1/s1. The zero-order chi connectivity index (χ0) is 22.6. The molecule has 0 saturated heterocycles. The summed E-state index contributed by atoms with van der Waals surface area (Å²) < 4.78 is 22.6. The summed E-state index contributed by atoms with van der Waals surface area (Å²) in [7, 11) is 0. The second kappa shape index (κ2) is 13.3. The van der Waals surface area contributed by atoms with Crippen molar-refractivity contribution in [3.63, 3.8) is 0 Å². The first-order chi connectivity index (χ1) is 15.0. The number of carbonyl (C=O) groups is 1. The van der Waals surface area contributed by atoms with Crippen LogP contribution in [0, 0.1) is 17.8 Å². The number of nitrogens with one attached hydrogen (secondary N) is 1. The number of aliphatic hydroxyl groups excluding tert-OH is 1. The molecule has 1 aromatic rings. The molecule has 1 amide bonds. The number of rotatable bonds is 13. The lowest BCUT2D eigenvalue weighted by Gasteiger charge is -2.38. The lowest BCUT2D eigenvalue weighted by molar-refractivity contribution is -0.175. The normalized spacial score (nSPS) is 20.9. The molecule has 0 aromatic heterocycles. The number of allylic oxidation sites excluding steroid dienone is 1. The number of aromatic hydroxyl groups is 1. The van der Waals surface area contributed by atoms with Gasteiger partial charge in [-0.25, -0.2) is 0 Å². The summed E-state index contributed by atoms with van der Waals surface area (Å²) in [6, 6.07) is 6.56. The molecule has 3 N–H and O–H groups in total. The first kappa shape index (κ1) is 25.1. The summed E-state index contributed by atoms with van der Waals surface area (Å²) >= 11 is 0. The molecule has 2 rings (SSSR count). The second-order valence-corrected chi connectivity index (χ2v) is 7.67. The van der Waals surface area contributed by atoms with Gasteiger partial charge in [0.25, 0.3) is 5.91 Å².